The van der Waals surface area contributed by atoms with E-state index in [2.05, 4.69) is 6.20 Å². The zero-order chi connectivity index (χ0) is 16.5. The average molecular weight is 370 g/mol. The van der Waals surface area contributed by atoms with Gasteiger partial charge in [0.05, 0.1) is 11.9 Å². The van der Waals surface area contributed by atoms with Crippen molar-refractivity contribution in [2.45, 2.75) is 38.0 Å². The second kappa shape index (κ2) is 5.31. The van der Waals surface area contributed by atoms with Gasteiger partial charge in [0.15, 0.2) is 0 Å². The van der Waals surface area contributed by atoms with Crippen molar-refractivity contribution in [1.82, 2.24) is 14.6 Å². The Bertz CT molecular complexity index is 882. The van der Waals surface area contributed by atoms with Gasteiger partial charge in [-0.15, -0.1) is 0 Å². The lowest BCUT2D eigenvalue weighted by atomic mass is 9.52. The maximum absolute atomic E-state index is 5.99. The van der Waals surface area contributed by atoms with E-state index in [0.717, 1.165) is 44.9 Å². The smallest absolute Gasteiger partial charge is 0.212 e. The summed E-state index contributed by atoms with van der Waals surface area (Å²) in [5, 5.41) is 7.06. The predicted octanol–water partition coefficient (Wildman–Crippen LogP) is 5.65. The molecule has 4 aliphatic carbocycles. The molecule has 0 unspecified atom stereocenters. The Kier molecular flexibility index (Phi) is 3.13. The van der Waals surface area contributed by atoms with Crippen molar-refractivity contribution in [1.29, 1.82) is 0 Å². The van der Waals surface area contributed by atoms with Gasteiger partial charge in [-0.2, -0.15) is 5.10 Å². The fourth-order valence-electron chi connectivity index (χ4n) is 5.94. The van der Waals surface area contributed by atoms with Crippen LogP contribution in [0.3, 0.4) is 0 Å². The first-order chi connectivity index (χ1) is 12.2. The van der Waals surface area contributed by atoms with Crippen molar-refractivity contribution in [2.75, 3.05) is 0 Å². The molecular weight excluding hydrogens is 350 g/mol. The minimum absolute atomic E-state index is 0.693. The first-order valence-corrected chi connectivity index (χ1v) is 10.5. The number of hydrogen-bond donors (Lipinski definition) is 0. The topological polar surface area (TPSA) is 30.2 Å². The fourth-order valence-corrected chi connectivity index (χ4v) is 7.23. The van der Waals surface area contributed by atoms with Gasteiger partial charge in [-0.3, -0.25) is 0 Å². The van der Waals surface area contributed by atoms with Crippen LogP contribution in [-0.4, -0.2) is 14.6 Å². The number of rotatable bonds is 2. The number of nitrogens with zero attached hydrogens (tertiary/aromatic N) is 3. The number of hydrogen-bond acceptors (Lipinski definition) is 3. The van der Waals surface area contributed by atoms with Gasteiger partial charge in [0.2, 0.25) is 4.96 Å². The third kappa shape index (κ3) is 2.30. The largest absolute Gasteiger partial charge is 0.217 e. The summed E-state index contributed by atoms with van der Waals surface area (Å²) in [5.41, 5.74) is 2.07. The first kappa shape index (κ1) is 14.7. The molecule has 0 aliphatic heterocycles. The highest BCUT2D eigenvalue weighted by atomic mass is 35.5. The van der Waals surface area contributed by atoms with E-state index in [4.69, 9.17) is 21.7 Å². The minimum atomic E-state index is 0.693. The Morgan fingerprint density at radius 1 is 0.960 bits per heavy atom. The lowest BCUT2D eigenvalue weighted by molar-refractivity contribution is -0.00310. The summed E-state index contributed by atoms with van der Waals surface area (Å²) in [6.07, 6.45) is 9.33. The molecule has 3 aromatic rings. The van der Waals surface area contributed by atoms with E-state index in [1.807, 2.05) is 40.1 Å². The van der Waals surface area contributed by atoms with Crippen molar-refractivity contribution in [2.24, 2.45) is 23.7 Å². The van der Waals surface area contributed by atoms with E-state index < -0.39 is 0 Å². The zero-order valence-corrected chi connectivity index (χ0v) is 15.5. The number of aromatic nitrogens is 3. The zero-order valence-electron chi connectivity index (χ0n) is 13.9. The molecule has 0 atom stereocenters. The molecule has 7 rings (SSSR count). The second-order valence-electron chi connectivity index (χ2n) is 8.26. The van der Waals surface area contributed by atoms with Gasteiger partial charge < -0.3 is 0 Å². The number of fused-ring (bicyclic) bond motifs is 1. The van der Waals surface area contributed by atoms with Crippen molar-refractivity contribution in [3.63, 3.8) is 0 Å². The van der Waals surface area contributed by atoms with E-state index in [1.165, 1.54) is 37.1 Å². The van der Waals surface area contributed by atoms with Crippen LogP contribution in [0.25, 0.3) is 16.2 Å². The standard InChI is InChI=1S/C20H20ClN3S/c21-16-3-1-13(2-4-16)17-10-24-20(22-17)25-19(23-24)18-14-6-11-5-12(8-14)9-15(18)7-11/h1-4,10-12,14-15,18H,5-9H2. The molecule has 2 heterocycles. The van der Waals surface area contributed by atoms with Crippen molar-refractivity contribution >= 4 is 27.9 Å². The molecule has 0 spiro atoms. The molecule has 4 aliphatic rings. The van der Waals surface area contributed by atoms with Gasteiger partial charge >= 0.3 is 0 Å². The molecule has 25 heavy (non-hydrogen) atoms. The fraction of sp³-hybridized carbons (Fsp3) is 0.500. The Morgan fingerprint density at radius 2 is 1.64 bits per heavy atom. The maximum Gasteiger partial charge on any atom is 0.212 e. The van der Waals surface area contributed by atoms with Crippen molar-refractivity contribution < 1.29 is 0 Å². The van der Waals surface area contributed by atoms with Gasteiger partial charge in [-0.25, -0.2) is 9.50 Å². The summed E-state index contributed by atoms with van der Waals surface area (Å²) in [4.78, 5) is 5.84. The highest BCUT2D eigenvalue weighted by Crippen LogP contribution is 2.60. The highest BCUT2D eigenvalue weighted by Gasteiger charge is 2.49. The Labute approximate surface area is 156 Å². The lowest BCUT2D eigenvalue weighted by Crippen LogP contribution is -2.43. The molecule has 128 valence electrons. The number of benzene rings is 1. The Hall–Kier alpha value is -1.39. The summed E-state index contributed by atoms with van der Waals surface area (Å²) in [6.45, 7) is 0. The molecule has 4 fully saturated rings. The molecule has 3 nitrogen and oxygen atoms in total. The summed E-state index contributed by atoms with van der Waals surface area (Å²) in [7, 11) is 0. The van der Waals surface area contributed by atoms with E-state index in [1.54, 1.807) is 0 Å². The lowest BCUT2D eigenvalue weighted by Gasteiger charge is -2.53. The molecule has 5 heteroatoms. The second-order valence-corrected chi connectivity index (χ2v) is 9.68. The first-order valence-electron chi connectivity index (χ1n) is 9.35. The normalized spacial score (nSPS) is 33.4. The van der Waals surface area contributed by atoms with Crippen LogP contribution in [0, 0.1) is 23.7 Å². The van der Waals surface area contributed by atoms with Gasteiger partial charge in [-0.1, -0.05) is 35.1 Å². The van der Waals surface area contributed by atoms with E-state index in [9.17, 15) is 0 Å². The third-order valence-electron chi connectivity index (χ3n) is 6.71. The quantitative estimate of drug-likeness (QED) is 0.584. The van der Waals surface area contributed by atoms with Crippen LogP contribution in [0.5, 0.6) is 0 Å². The van der Waals surface area contributed by atoms with Crippen LogP contribution in [0.1, 0.15) is 43.0 Å². The third-order valence-corrected chi connectivity index (χ3v) is 7.99. The molecule has 1 aromatic carbocycles. The predicted molar refractivity (Wildman–Crippen MR) is 101 cm³/mol. The molecule has 0 saturated heterocycles. The SMILES string of the molecule is Clc1ccc(-c2cn3nc(C4C5CC6CC(C5)CC4C6)sc3n2)cc1. The number of imidazole rings is 1. The monoisotopic (exact) mass is 369 g/mol. The Morgan fingerprint density at radius 3 is 2.28 bits per heavy atom. The van der Waals surface area contributed by atoms with Crippen LogP contribution in [0.4, 0.5) is 0 Å². The molecule has 0 radical (unpaired) electrons. The van der Waals surface area contributed by atoms with Gasteiger partial charge in [-0.05, 0) is 67.9 Å². The van der Waals surface area contributed by atoms with Gasteiger partial charge in [0.25, 0.3) is 0 Å². The molecule has 2 aromatic heterocycles. The molecule has 0 amide bonds. The van der Waals surface area contributed by atoms with Crippen molar-refractivity contribution in [3.8, 4) is 11.3 Å². The van der Waals surface area contributed by atoms with Crippen LogP contribution in [0.15, 0.2) is 30.5 Å². The van der Waals surface area contributed by atoms with E-state index in [0.29, 0.717) is 5.92 Å². The highest BCUT2D eigenvalue weighted by molar-refractivity contribution is 7.16. The maximum atomic E-state index is 5.99. The summed E-state index contributed by atoms with van der Waals surface area (Å²) in [5.74, 6) is 4.47. The summed E-state index contributed by atoms with van der Waals surface area (Å²) in [6, 6.07) is 7.87. The van der Waals surface area contributed by atoms with E-state index >= 15 is 0 Å². The average Bonchev–Trinajstić information content (AvgIpc) is 3.13. The molecule has 4 saturated carbocycles. The Balaban J connectivity index is 1.34. The van der Waals surface area contributed by atoms with Crippen LogP contribution in [-0.2, 0) is 0 Å². The van der Waals surface area contributed by atoms with Crippen molar-refractivity contribution in [3.05, 3.63) is 40.5 Å². The van der Waals surface area contributed by atoms with Crippen LogP contribution < -0.4 is 0 Å². The molecule has 0 N–H and O–H groups in total. The molecule has 4 bridgehead atoms. The van der Waals surface area contributed by atoms with Crippen LogP contribution >= 0.6 is 22.9 Å². The van der Waals surface area contributed by atoms with Crippen LogP contribution in [0.2, 0.25) is 5.02 Å². The molecular formula is C20H20ClN3S. The number of halogens is 1. The summed E-state index contributed by atoms with van der Waals surface area (Å²) >= 11 is 7.80. The summed E-state index contributed by atoms with van der Waals surface area (Å²) < 4.78 is 2.00. The van der Waals surface area contributed by atoms with Gasteiger partial charge in [0.1, 0.15) is 5.01 Å². The van der Waals surface area contributed by atoms with E-state index in [-0.39, 0.29) is 0 Å². The minimum Gasteiger partial charge on any atom is -0.217 e. The van der Waals surface area contributed by atoms with Gasteiger partial charge in [0, 0.05) is 16.5 Å².